The highest BCUT2D eigenvalue weighted by Crippen LogP contribution is 2.23. The molecule has 0 aromatic carbocycles. The lowest BCUT2D eigenvalue weighted by Crippen LogP contribution is -2.42. The molecule has 1 aliphatic heterocycles. The zero-order chi connectivity index (χ0) is 13.7. The zero-order valence-electron chi connectivity index (χ0n) is 12.1. The van der Waals surface area contributed by atoms with E-state index in [1.54, 1.807) is 0 Å². The van der Waals surface area contributed by atoms with Gasteiger partial charge in [0.05, 0.1) is 0 Å². The van der Waals surface area contributed by atoms with Gasteiger partial charge in [0.25, 0.3) is 0 Å². The van der Waals surface area contributed by atoms with Crippen molar-refractivity contribution in [1.29, 1.82) is 0 Å². The van der Waals surface area contributed by atoms with Crippen LogP contribution in [0.15, 0.2) is 0 Å². The van der Waals surface area contributed by atoms with Crippen molar-refractivity contribution in [2.75, 3.05) is 19.6 Å². The molecule has 1 atom stereocenters. The summed E-state index contributed by atoms with van der Waals surface area (Å²) in [5.74, 6) is 0.217. The van der Waals surface area contributed by atoms with E-state index in [0.717, 1.165) is 44.8 Å². The van der Waals surface area contributed by atoms with Gasteiger partial charge in [0, 0.05) is 12.6 Å². The van der Waals surface area contributed by atoms with Crippen LogP contribution in [0.4, 0.5) is 0 Å². The Morgan fingerprint density at radius 3 is 2.53 bits per heavy atom. The van der Waals surface area contributed by atoms with Gasteiger partial charge in [-0.3, -0.25) is 4.79 Å². The summed E-state index contributed by atoms with van der Waals surface area (Å²) in [5.41, 5.74) is 0. The Bertz CT molecular complexity index is 284. The Morgan fingerprint density at radius 1 is 1.32 bits per heavy atom. The van der Waals surface area contributed by atoms with Crippen LogP contribution in [-0.2, 0) is 4.79 Å². The smallest absolute Gasteiger partial charge is 0.320 e. The van der Waals surface area contributed by atoms with Crippen LogP contribution in [0.1, 0.15) is 51.9 Å². The van der Waals surface area contributed by atoms with E-state index in [1.165, 1.54) is 25.7 Å². The van der Waals surface area contributed by atoms with Crippen molar-refractivity contribution in [2.24, 2.45) is 5.92 Å². The Morgan fingerprint density at radius 2 is 2.00 bits per heavy atom. The number of carboxylic acids is 1. The lowest BCUT2D eigenvalue weighted by molar-refractivity contribution is -0.139. The zero-order valence-corrected chi connectivity index (χ0v) is 12.1. The van der Waals surface area contributed by atoms with Crippen molar-refractivity contribution in [3.63, 3.8) is 0 Å². The average molecular weight is 268 g/mol. The predicted molar refractivity (Wildman–Crippen MR) is 76.3 cm³/mol. The molecule has 0 spiro atoms. The van der Waals surface area contributed by atoms with Gasteiger partial charge in [0.1, 0.15) is 6.04 Å². The summed E-state index contributed by atoms with van der Waals surface area (Å²) in [7, 11) is 0. The highest BCUT2D eigenvalue weighted by Gasteiger charge is 2.28. The van der Waals surface area contributed by atoms with Gasteiger partial charge in [0.15, 0.2) is 0 Å². The normalized spacial score (nSPS) is 23.4. The molecule has 2 fully saturated rings. The molecule has 0 amide bonds. The molecule has 0 radical (unpaired) electrons. The number of hydrogen-bond donors (Lipinski definition) is 2. The van der Waals surface area contributed by atoms with Crippen molar-refractivity contribution in [3.05, 3.63) is 0 Å². The number of carboxylic acid groups (broad SMARTS) is 1. The second-order valence-corrected chi connectivity index (χ2v) is 6.19. The molecule has 0 aromatic rings. The van der Waals surface area contributed by atoms with E-state index in [0.29, 0.717) is 6.04 Å². The molecule has 2 N–H and O–H groups in total. The van der Waals surface area contributed by atoms with Gasteiger partial charge in [-0.05, 0) is 51.1 Å². The number of aliphatic carboxylic acids is 1. The minimum atomic E-state index is -0.687. The predicted octanol–water partition coefficient (Wildman–Crippen LogP) is 2.09. The Kier molecular flexibility index (Phi) is 5.64. The second kappa shape index (κ2) is 7.25. The largest absolute Gasteiger partial charge is 0.480 e. The molecule has 2 aliphatic rings. The Labute approximate surface area is 116 Å². The molecule has 1 saturated heterocycles. The number of nitrogens with one attached hydrogen (secondary N) is 1. The summed E-state index contributed by atoms with van der Waals surface area (Å²) in [6.07, 6.45) is 8.26. The van der Waals surface area contributed by atoms with Gasteiger partial charge in [-0.2, -0.15) is 0 Å². The van der Waals surface area contributed by atoms with Gasteiger partial charge < -0.3 is 15.3 Å². The number of rotatable bonds is 8. The Hall–Kier alpha value is -0.610. The fourth-order valence-electron chi connectivity index (χ4n) is 3.03. The minimum absolute atomic E-state index is 0.346. The summed E-state index contributed by atoms with van der Waals surface area (Å²) in [6.45, 7) is 5.49. The molecule has 19 heavy (non-hydrogen) atoms. The Balaban J connectivity index is 1.65. The van der Waals surface area contributed by atoms with Crippen LogP contribution in [0.3, 0.4) is 0 Å². The fraction of sp³-hybridized carbons (Fsp3) is 0.933. The van der Waals surface area contributed by atoms with Crippen LogP contribution in [-0.4, -0.2) is 47.7 Å². The number of likely N-dealkylation sites (tertiary alicyclic amines) is 1. The van der Waals surface area contributed by atoms with E-state index in [1.807, 2.05) is 0 Å². The van der Waals surface area contributed by atoms with Gasteiger partial charge in [-0.1, -0.05) is 19.8 Å². The summed E-state index contributed by atoms with van der Waals surface area (Å²) in [4.78, 5) is 13.6. The molecule has 1 saturated carbocycles. The molecule has 1 heterocycles. The number of piperidine rings is 1. The molecule has 110 valence electrons. The van der Waals surface area contributed by atoms with Gasteiger partial charge >= 0.3 is 5.97 Å². The van der Waals surface area contributed by atoms with E-state index >= 15 is 0 Å². The van der Waals surface area contributed by atoms with Crippen molar-refractivity contribution < 1.29 is 9.90 Å². The SMILES string of the molecule is CCCC1CCN(CCC(NC2CC2)C(=O)O)CC1. The summed E-state index contributed by atoms with van der Waals surface area (Å²) in [5, 5.41) is 12.4. The van der Waals surface area contributed by atoms with Gasteiger partial charge in [-0.15, -0.1) is 0 Å². The molecule has 1 aliphatic carbocycles. The summed E-state index contributed by atoms with van der Waals surface area (Å²) in [6, 6.07) is 0.122. The van der Waals surface area contributed by atoms with E-state index in [-0.39, 0.29) is 6.04 Å². The molecule has 4 nitrogen and oxygen atoms in total. The third kappa shape index (κ3) is 5.11. The first-order valence-corrected chi connectivity index (χ1v) is 7.90. The lowest BCUT2D eigenvalue weighted by atomic mass is 9.92. The summed E-state index contributed by atoms with van der Waals surface area (Å²) < 4.78 is 0. The average Bonchev–Trinajstić information content (AvgIpc) is 3.20. The van der Waals surface area contributed by atoms with Crippen LogP contribution >= 0.6 is 0 Å². The van der Waals surface area contributed by atoms with E-state index in [4.69, 9.17) is 0 Å². The van der Waals surface area contributed by atoms with Crippen LogP contribution in [0.5, 0.6) is 0 Å². The molecule has 4 heteroatoms. The summed E-state index contributed by atoms with van der Waals surface area (Å²) >= 11 is 0. The highest BCUT2D eigenvalue weighted by molar-refractivity contribution is 5.73. The standard InChI is InChI=1S/C15H28N2O2/c1-2-3-12-6-9-17(10-7-12)11-8-14(15(18)19)16-13-4-5-13/h12-14,16H,2-11H2,1H3,(H,18,19). The maximum Gasteiger partial charge on any atom is 0.320 e. The fourth-order valence-corrected chi connectivity index (χ4v) is 3.03. The molecular formula is C15H28N2O2. The first-order chi connectivity index (χ1) is 9.19. The van der Waals surface area contributed by atoms with Crippen molar-refractivity contribution >= 4 is 5.97 Å². The maximum absolute atomic E-state index is 11.2. The first kappa shape index (κ1) is 14.8. The van der Waals surface area contributed by atoms with Crippen LogP contribution < -0.4 is 5.32 Å². The van der Waals surface area contributed by atoms with E-state index in [2.05, 4.69) is 17.1 Å². The van der Waals surface area contributed by atoms with Crippen molar-refractivity contribution in [2.45, 2.75) is 64.0 Å². The van der Waals surface area contributed by atoms with E-state index in [9.17, 15) is 9.90 Å². The van der Waals surface area contributed by atoms with Crippen LogP contribution in [0, 0.1) is 5.92 Å². The molecule has 0 aromatic heterocycles. The molecule has 1 unspecified atom stereocenters. The number of nitrogens with zero attached hydrogens (tertiary/aromatic N) is 1. The quantitative estimate of drug-likeness (QED) is 0.708. The maximum atomic E-state index is 11.2. The minimum Gasteiger partial charge on any atom is -0.480 e. The van der Waals surface area contributed by atoms with Crippen LogP contribution in [0.2, 0.25) is 0 Å². The lowest BCUT2D eigenvalue weighted by Gasteiger charge is -2.32. The van der Waals surface area contributed by atoms with Crippen LogP contribution in [0.25, 0.3) is 0 Å². The number of carbonyl (C=O) groups is 1. The third-order valence-corrected chi connectivity index (χ3v) is 4.45. The molecular weight excluding hydrogens is 240 g/mol. The van der Waals surface area contributed by atoms with Crippen molar-refractivity contribution in [1.82, 2.24) is 10.2 Å². The van der Waals surface area contributed by atoms with Crippen molar-refractivity contribution in [3.8, 4) is 0 Å². The first-order valence-electron chi connectivity index (χ1n) is 7.90. The molecule has 2 rings (SSSR count). The topological polar surface area (TPSA) is 52.6 Å². The molecule has 0 bridgehead atoms. The van der Waals surface area contributed by atoms with Gasteiger partial charge in [-0.25, -0.2) is 0 Å². The van der Waals surface area contributed by atoms with E-state index < -0.39 is 5.97 Å². The third-order valence-electron chi connectivity index (χ3n) is 4.45. The monoisotopic (exact) mass is 268 g/mol. The highest BCUT2D eigenvalue weighted by atomic mass is 16.4. The number of hydrogen-bond acceptors (Lipinski definition) is 3. The second-order valence-electron chi connectivity index (χ2n) is 6.19. The van der Waals surface area contributed by atoms with Gasteiger partial charge in [0.2, 0.25) is 0 Å².